The van der Waals surface area contributed by atoms with Crippen LogP contribution < -0.4 is 15.5 Å². The molecule has 0 heterocycles. The van der Waals surface area contributed by atoms with Gasteiger partial charge in [-0.05, 0) is 48.7 Å². The fourth-order valence-corrected chi connectivity index (χ4v) is 3.05. The third kappa shape index (κ3) is 6.17. The molecule has 2 amide bonds. The number of hydrogen-bond donors (Lipinski definition) is 2. The van der Waals surface area contributed by atoms with Crippen molar-refractivity contribution in [2.45, 2.75) is 20.5 Å². The maximum absolute atomic E-state index is 12.1. The van der Waals surface area contributed by atoms with Crippen LogP contribution in [0.15, 0.2) is 71.8 Å². The average Bonchev–Trinajstić information content (AvgIpc) is 2.76. The third-order valence-corrected chi connectivity index (χ3v) is 4.88. The number of hydrazone groups is 1. The first-order valence-corrected chi connectivity index (χ1v) is 9.98. The summed E-state index contributed by atoms with van der Waals surface area (Å²) >= 11 is 6.14. The van der Waals surface area contributed by atoms with Crippen molar-refractivity contribution < 1.29 is 14.3 Å². The summed E-state index contributed by atoms with van der Waals surface area (Å²) in [5, 5.41) is 7.12. The predicted molar refractivity (Wildman–Crippen MR) is 123 cm³/mol. The smallest absolute Gasteiger partial charge is 0.329 e. The number of aryl methyl sites for hydroxylation is 2. The maximum Gasteiger partial charge on any atom is 0.329 e. The molecular formula is C24H22ClN3O3. The van der Waals surface area contributed by atoms with Crippen LogP contribution >= 0.6 is 11.6 Å². The van der Waals surface area contributed by atoms with Crippen molar-refractivity contribution in [2.75, 3.05) is 5.32 Å². The molecule has 0 aliphatic heterocycles. The molecule has 0 bridgehead atoms. The van der Waals surface area contributed by atoms with Crippen LogP contribution in [0.5, 0.6) is 5.75 Å². The Morgan fingerprint density at radius 1 is 0.968 bits per heavy atom. The summed E-state index contributed by atoms with van der Waals surface area (Å²) in [6.07, 6.45) is 1.44. The molecule has 3 aromatic carbocycles. The summed E-state index contributed by atoms with van der Waals surface area (Å²) in [6, 6.07) is 20.2. The molecular weight excluding hydrogens is 414 g/mol. The number of amides is 2. The lowest BCUT2D eigenvalue weighted by Crippen LogP contribution is -2.32. The molecule has 3 aromatic rings. The van der Waals surface area contributed by atoms with Crippen LogP contribution in [0.4, 0.5) is 5.69 Å². The molecule has 31 heavy (non-hydrogen) atoms. The second kappa shape index (κ2) is 10.4. The van der Waals surface area contributed by atoms with Crippen molar-refractivity contribution >= 4 is 35.3 Å². The SMILES string of the molecule is Cc1cccc(C)c1NC(=O)C(=O)NN=Cc1cccc(OCc2ccccc2Cl)c1. The first kappa shape index (κ1) is 22.1. The Hall–Kier alpha value is -3.64. The molecule has 158 valence electrons. The molecule has 0 atom stereocenters. The monoisotopic (exact) mass is 435 g/mol. The molecule has 6 nitrogen and oxygen atoms in total. The lowest BCUT2D eigenvalue weighted by atomic mass is 10.1. The van der Waals surface area contributed by atoms with Crippen molar-refractivity contribution in [3.63, 3.8) is 0 Å². The molecule has 0 aliphatic carbocycles. The zero-order valence-electron chi connectivity index (χ0n) is 17.2. The number of carbonyl (C=O) groups excluding carboxylic acids is 2. The molecule has 0 spiro atoms. The van der Waals surface area contributed by atoms with Gasteiger partial charge in [-0.15, -0.1) is 0 Å². The van der Waals surface area contributed by atoms with E-state index in [-0.39, 0.29) is 0 Å². The number of halogens is 1. The second-order valence-electron chi connectivity index (χ2n) is 6.87. The highest BCUT2D eigenvalue weighted by Crippen LogP contribution is 2.20. The van der Waals surface area contributed by atoms with Crippen molar-refractivity contribution in [1.29, 1.82) is 0 Å². The molecule has 3 rings (SSSR count). The number of nitrogens with one attached hydrogen (secondary N) is 2. The molecule has 0 fully saturated rings. The molecule has 7 heteroatoms. The van der Waals surface area contributed by atoms with Gasteiger partial charge >= 0.3 is 11.8 Å². The predicted octanol–water partition coefficient (Wildman–Crippen LogP) is 4.62. The minimum atomic E-state index is -0.856. The van der Waals surface area contributed by atoms with Gasteiger partial charge in [-0.3, -0.25) is 9.59 Å². The summed E-state index contributed by atoms with van der Waals surface area (Å²) < 4.78 is 5.77. The topological polar surface area (TPSA) is 79.8 Å². The molecule has 0 radical (unpaired) electrons. The van der Waals surface area contributed by atoms with E-state index in [1.807, 2.05) is 62.4 Å². The van der Waals surface area contributed by atoms with Crippen LogP contribution in [0.1, 0.15) is 22.3 Å². The van der Waals surface area contributed by atoms with Gasteiger partial charge in [0, 0.05) is 16.3 Å². The average molecular weight is 436 g/mol. The Morgan fingerprint density at radius 3 is 2.42 bits per heavy atom. The van der Waals surface area contributed by atoms with Crippen LogP contribution in [0.2, 0.25) is 5.02 Å². The van der Waals surface area contributed by atoms with E-state index in [9.17, 15) is 9.59 Å². The van der Waals surface area contributed by atoms with Crippen molar-refractivity contribution in [3.05, 3.63) is 94.0 Å². The minimum Gasteiger partial charge on any atom is -0.489 e. The van der Waals surface area contributed by atoms with Gasteiger partial charge in [-0.2, -0.15) is 5.10 Å². The number of para-hydroxylation sites is 1. The van der Waals surface area contributed by atoms with Crippen LogP contribution in [-0.4, -0.2) is 18.0 Å². The minimum absolute atomic E-state index is 0.329. The Kier molecular flexibility index (Phi) is 7.40. The lowest BCUT2D eigenvalue weighted by molar-refractivity contribution is -0.136. The number of carbonyl (C=O) groups is 2. The zero-order chi connectivity index (χ0) is 22.2. The Labute approximate surface area is 185 Å². The summed E-state index contributed by atoms with van der Waals surface area (Å²) in [4.78, 5) is 24.2. The van der Waals surface area contributed by atoms with E-state index in [4.69, 9.17) is 16.3 Å². The Balaban J connectivity index is 1.55. The normalized spacial score (nSPS) is 10.7. The second-order valence-corrected chi connectivity index (χ2v) is 7.28. The largest absolute Gasteiger partial charge is 0.489 e. The maximum atomic E-state index is 12.1. The molecule has 0 saturated carbocycles. The van der Waals surface area contributed by atoms with Crippen LogP contribution in [-0.2, 0) is 16.2 Å². The summed E-state index contributed by atoms with van der Waals surface area (Å²) in [5.41, 5.74) is 6.18. The molecule has 0 aliphatic rings. The van der Waals surface area contributed by atoms with Gasteiger partial charge in [0.15, 0.2) is 0 Å². The van der Waals surface area contributed by atoms with Gasteiger partial charge in [-0.25, -0.2) is 5.43 Å². The zero-order valence-corrected chi connectivity index (χ0v) is 17.9. The number of rotatable bonds is 6. The van der Waals surface area contributed by atoms with Gasteiger partial charge in [0.2, 0.25) is 0 Å². The third-order valence-electron chi connectivity index (χ3n) is 4.52. The molecule has 2 N–H and O–H groups in total. The van der Waals surface area contributed by atoms with E-state index in [0.29, 0.717) is 28.6 Å². The number of anilines is 1. The van der Waals surface area contributed by atoms with Gasteiger partial charge < -0.3 is 10.1 Å². The highest BCUT2D eigenvalue weighted by molar-refractivity contribution is 6.39. The number of nitrogens with zero attached hydrogens (tertiary/aromatic N) is 1. The van der Waals surface area contributed by atoms with Crippen LogP contribution in [0.3, 0.4) is 0 Å². The van der Waals surface area contributed by atoms with E-state index < -0.39 is 11.8 Å². The molecule has 0 aromatic heterocycles. The standard InChI is InChI=1S/C24H22ClN3O3/c1-16-7-5-8-17(2)22(16)27-23(29)24(30)28-26-14-18-9-6-11-20(13-18)31-15-19-10-3-4-12-21(19)25/h3-14H,15H2,1-2H3,(H,27,29)(H,28,30). The fourth-order valence-electron chi connectivity index (χ4n) is 2.86. The Morgan fingerprint density at radius 2 is 1.68 bits per heavy atom. The number of ether oxygens (including phenoxy) is 1. The highest BCUT2D eigenvalue weighted by Gasteiger charge is 2.15. The van der Waals surface area contributed by atoms with E-state index >= 15 is 0 Å². The van der Waals surface area contributed by atoms with Gasteiger partial charge in [0.25, 0.3) is 0 Å². The van der Waals surface area contributed by atoms with Gasteiger partial charge in [-0.1, -0.05) is 60.1 Å². The van der Waals surface area contributed by atoms with Crippen LogP contribution in [0, 0.1) is 13.8 Å². The summed E-state index contributed by atoms with van der Waals surface area (Å²) in [7, 11) is 0. The van der Waals surface area contributed by atoms with Crippen molar-refractivity contribution in [2.24, 2.45) is 5.10 Å². The first-order chi connectivity index (χ1) is 14.9. The van der Waals surface area contributed by atoms with Crippen LogP contribution in [0.25, 0.3) is 0 Å². The molecule has 0 saturated heterocycles. The van der Waals surface area contributed by atoms with E-state index in [2.05, 4.69) is 15.8 Å². The van der Waals surface area contributed by atoms with Crippen molar-refractivity contribution in [1.82, 2.24) is 5.43 Å². The highest BCUT2D eigenvalue weighted by atomic mass is 35.5. The van der Waals surface area contributed by atoms with Gasteiger partial charge in [0.05, 0.1) is 6.21 Å². The summed E-state index contributed by atoms with van der Waals surface area (Å²) in [5.74, 6) is -1.01. The van der Waals surface area contributed by atoms with E-state index in [0.717, 1.165) is 16.7 Å². The quantitative estimate of drug-likeness (QED) is 0.336. The fraction of sp³-hybridized carbons (Fsp3) is 0.125. The lowest BCUT2D eigenvalue weighted by Gasteiger charge is -2.10. The first-order valence-electron chi connectivity index (χ1n) is 9.61. The van der Waals surface area contributed by atoms with Gasteiger partial charge in [0.1, 0.15) is 12.4 Å². The number of hydrogen-bond acceptors (Lipinski definition) is 4. The summed E-state index contributed by atoms with van der Waals surface area (Å²) in [6.45, 7) is 4.05. The Bertz CT molecular complexity index is 1110. The molecule has 0 unspecified atom stereocenters. The van der Waals surface area contributed by atoms with Crippen molar-refractivity contribution in [3.8, 4) is 5.75 Å². The number of benzene rings is 3. The van der Waals surface area contributed by atoms with E-state index in [1.165, 1.54) is 6.21 Å². The van der Waals surface area contributed by atoms with E-state index in [1.54, 1.807) is 18.2 Å².